The third-order valence-electron chi connectivity index (χ3n) is 4.92. The summed E-state index contributed by atoms with van der Waals surface area (Å²) in [6.07, 6.45) is 0.873. The summed E-state index contributed by atoms with van der Waals surface area (Å²) in [4.78, 5) is 27.3. The molecule has 0 spiro atoms. The van der Waals surface area contributed by atoms with Gasteiger partial charge in [0, 0.05) is 17.8 Å². The van der Waals surface area contributed by atoms with Gasteiger partial charge in [0.05, 0.1) is 10.5 Å². The molecule has 4 aromatic rings. The highest BCUT2D eigenvalue weighted by atomic mass is 32.1. The summed E-state index contributed by atoms with van der Waals surface area (Å²) >= 11 is 5.13. The smallest absolute Gasteiger partial charge is 0.282 e. The Morgan fingerprint density at radius 3 is 2.70 bits per heavy atom. The molecule has 0 unspecified atom stereocenters. The van der Waals surface area contributed by atoms with Crippen LogP contribution >= 0.6 is 12.2 Å². The Hall–Kier alpha value is -4.31. The number of nitro groups is 1. The van der Waals surface area contributed by atoms with Gasteiger partial charge in [-0.1, -0.05) is 25.1 Å². The lowest BCUT2D eigenvalue weighted by Gasteiger charge is -2.11. The Morgan fingerprint density at radius 2 is 1.97 bits per heavy atom. The zero-order valence-electron chi connectivity index (χ0n) is 17.4. The number of hydrogen-bond donors (Lipinski definition) is 3. The van der Waals surface area contributed by atoms with Crippen molar-refractivity contribution in [2.75, 3.05) is 5.32 Å². The Morgan fingerprint density at radius 1 is 1.18 bits per heavy atom. The van der Waals surface area contributed by atoms with Crippen LogP contribution in [0.3, 0.4) is 0 Å². The van der Waals surface area contributed by atoms with Crippen LogP contribution in [-0.4, -0.2) is 26.0 Å². The number of carbonyl (C=O) groups is 1. The fourth-order valence-corrected chi connectivity index (χ4v) is 3.47. The predicted octanol–water partition coefficient (Wildman–Crippen LogP) is 4.80. The number of thiocarbonyl (C=S) groups is 1. The van der Waals surface area contributed by atoms with Crippen LogP contribution in [0.4, 0.5) is 11.4 Å². The van der Waals surface area contributed by atoms with Crippen LogP contribution in [-0.2, 0) is 6.42 Å². The van der Waals surface area contributed by atoms with Gasteiger partial charge in [0.15, 0.2) is 10.7 Å². The molecule has 3 aromatic carbocycles. The molecule has 3 N–H and O–H groups in total. The number of hydrogen-bond acceptors (Lipinski definition) is 7. The Kier molecular flexibility index (Phi) is 6.01. The normalized spacial score (nSPS) is 10.7. The van der Waals surface area contributed by atoms with Crippen molar-refractivity contribution >= 4 is 45.7 Å². The predicted molar refractivity (Wildman–Crippen MR) is 127 cm³/mol. The van der Waals surface area contributed by atoms with E-state index in [1.807, 2.05) is 25.1 Å². The summed E-state index contributed by atoms with van der Waals surface area (Å²) in [7, 11) is 0. The third kappa shape index (κ3) is 4.65. The van der Waals surface area contributed by atoms with Gasteiger partial charge in [0.25, 0.3) is 11.6 Å². The Labute approximate surface area is 193 Å². The maximum absolute atomic E-state index is 12.4. The summed E-state index contributed by atoms with van der Waals surface area (Å²) in [5.74, 6) is -0.553. The minimum Gasteiger partial charge on any atom is -0.507 e. The Bertz CT molecular complexity index is 1400. The van der Waals surface area contributed by atoms with Crippen molar-refractivity contribution < 1.29 is 19.2 Å². The van der Waals surface area contributed by atoms with E-state index < -0.39 is 10.8 Å². The molecular formula is C23H18N4O5S. The maximum atomic E-state index is 12.4. The molecular weight excluding hydrogens is 444 g/mol. The van der Waals surface area contributed by atoms with Gasteiger partial charge in [0.1, 0.15) is 16.8 Å². The van der Waals surface area contributed by atoms with Crippen LogP contribution in [0.5, 0.6) is 5.75 Å². The van der Waals surface area contributed by atoms with Crippen molar-refractivity contribution in [2.45, 2.75) is 13.3 Å². The molecule has 1 heterocycles. The fraction of sp³-hybridized carbons (Fsp3) is 0.0870. The SMILES string of the molecule is CCc1ccc2oc(-c3ccc(NC(=S)NC(=O)c4ccccc4[N+](=O)[O-])cc3O)nc2c1. The van der Waals surface area contributed by atoms with Crippen LogP contribution in [0, 0.1) is 10.1 Å². The molecule has 166 valence electrons. The van der Waals surface area contributed by atoms with Crippen LogP contribution in [0.15, 0.2) is 65.1 Å². The van der Waals surface area contributed by atoms with Gasteiger partial charge in [-0.2, -0.15) is 0 Å². The molecule has 0 saturated heterocycles. The number of oxazole rings is 1. The van der Waals surface area contributed by atoms with Gasteiger partial charge in [-0.3, -0.25) is 20.2 Å². The molecule has 1 aromatic heterocycles. The van der Waals surface area contributed by atoms with E-state index >= 15 is 0 Å². The van der Waals surface area contributed by atoms with E-state index in [0.29, 0.717) is 22.4 Å². The first-order chi connectivity index (χ1) is 15.9. The molecule has 0 aliphatic heterocycles. The van der Waals surface area contributed by atoms with E-state index in [9.17, 15) is 20.0 Å². The lowest BCUT2D eigenvalue weighted by molar-refractivity contribution is -0.385. The highest BCUT2D eigenvalue weighted by Gasteiger charge is 2.20. The molecule has 10 heteroatoms. The number of nitrogens with one attached hydrogen (secondary N) is 2. The number of anilines is 1. The molecule has 0 aliphatic carbocycles. The molecule has 0 fully saturated rings. The summed E-state index contributed by atoms with van der Waals surface area (Å²) in [6, 6.07) is 15.9. The first-order valence-corrected chi connectivity index (χ1v) is 10.3. The first kappa shape index (κ1) is 21.9. The molecule has 33 heavy (non-hydrogen) atoms. The van der Waals surface area contributed by atoms with Crippen molar-refractivity contribution in [3.05, 3.63) is 81.9 Å². The summed E-state index contributed by atoms with van der Waals surface area (Å²) < 4.78 is 5.76. The fourth-order valence-electron chi connectivity index (χ4n) is 3.26. The monoisotopic (exact) mass is 462 g/mol. The summed E-state index contributed by atoms with van der Waals surface area (Å²) in [5, 5.41) is 26.7. The number of carbonyl (C=O) groups excluding carboxylic acids is 1. The molecule has 0 saturated carbocycles. The van der Waals surface area contributed by atoms with Crippen molar-refractivity contribution in [3.8, 4) is 17.2 Å². The standard InChI is InChI=1S/C23H18N4O5S/c1-2-13-7-10-20-17(11-13)25-22(32-20)16-9-8-14(12-19(16)28)24-23(33)26-21(29)15-5-3-4-6-18(15)27(30)31/h3-12,28H,2H2,1H3,(H2,24,26,29,33). The lowest BCUT2D eigenvalue weighted by atomic mass is 10.1. The minimum atomic E-state index is -0.724. The van der Waals surface area contributed by atoms with Crippen molar-refractivity contribution in [3.63, 3.8) is 0 Å². The molecule has 0 aliphatic rings. The summed E-state index contributed by atoms with van der Waals surface area (Å²) in [6.45, 7) is 2.05. The number of rotatable bonds is 5. The second-order valence-electron chi connectivity index (χ2n) is 7.09. The van der Waals surface area contributed by atoms with E-state index in [-0.39, 0.29) is 28.0 Å². The van der Waals surface area contributed by atoms with E-state index in [4.69, 9.17) is 16.6 Å². The van der Waals surface area contributed by atoms with Gasteiger partial charge in [-0.05, 0) is 54.5 Å². The lowest BCUT2D eigenvalue weighted by Crippen LogP contribution is -2.34. The number of nitro benzene ring substituents is 1. The second kappa shape index (κ2) is 9.05. The van der Waals surface area contributed by atoms with Gasteiger partial charge in [-0.15, -0.1) is 0 Å². The number of nitrogens with zero attached hydrogens (tertiary/aromatic N) is 2. The quantitative estimate of drug-likeness (QED) is 0.219. The van der Waals surface area contributed by atoms with Crippen LogP contribution in [0.25, 0.3) is 22.6 Å². The molecule has 0 bridgehead atoms. The first-order valence-electron chi connectivity index (χ1n) is 9.94. The van der Waals surface area contributed by atoms with Crippen molar-refractivity contribution in [1.82, 2.24) is 10.3 Å². The van der Waals surface area contributed by atoms with Crippen LogP contribution in [0.1, 0.15) is 22.8 Å². The highest BCUT2D eigenvalue weighted by molar-refractivity contribution is 7.80. The molecule has 1 amide bonds. The number of aromatic hydroxyl groups is 1. The van der Waals surface area contributed by atoms with Gasteiger partial charge >= 0.3 is 0 Å². The minimum absolute atomic E-state index is 0.0840. The molecule has 4 rings (SSSR count). The van der Waals surface area contributed by atoms with Gasteiger partial charge in [-0.25, -0.2) is 4.98 Å². The molecule has 9 nitrogen and oxygen atoms in total. The van der Waals surface area contributed by atoms with E-state index in [1.165, 1.54) is 30.3 Å². The highest BCUT2D eigenvalue weighted by Crippen LogP contribution is 2.33. The van der Waals surface area contributed by atoms with Gasteiger partial charge < -0.3 is 14.8 Å². The number of aryl methyl sites for hydroxylation is 1. The number of phenolic OH excluding ortho intramolecular Hbond substituents is 1. The molecule has 0 radical (unpaired) electrons. The zero-order chi connectivity index (χ0) is 23.5. The summed E-state index contributed by atoms with van der Waals surface area (Å²) in [5.41, 5.74) is 2.78. The Balaban J connectivity index is 1.49. The van der Waals surface area contributed by atoms with Crippen molar-refractivity contribution in [1.29, 1.82) is 0 Å². The zero-order valence-corrected chi connectivity index (χ0v) is 18.2. The van der Waals surface area contributed by atoms with Gasteiger partial charge in [0.2, 0.25) is 5.89 Å². The average molecular weight is 462 g/mol. The topological polar surface area (TPSA) is 131 Å². The van der Waals surface area contributed by atoms with E-state index in [2.05, 4.69) is 15.6 Å². The number of amides is 1. The number of phenols is 1. The number of aromatic nitrogens is 1. The van der Waals surface area contributed by atoms with E-state index in [0.717, 1.165) is 12.0 Å². The number of benzene rings is 3. The number of fused-ring (bicyclic) bond motifs is 1. The maximum Gasteiger partial charge on any atom is 0.282 e. The average Bonchev–Trinajstić information content (AvgIpc) is 3.21. The third-order valence-corrected chi connectivity index (χ3v) is 5.12. The van der Waals surface area contributed by atoms with Crippen molar-refractivity contribution in [2.24, 2.45) is 0 Å². The largest absolute Gasteiger partial charge is 0.507 e. The van der Waals surface area contributed by atoms with Crippen LogP contribution < -0.4 is 10.6 Å². The molecule has 0 atom stereocenters. The second-order valence-corrected chi connectivity index (χ2v) is 7.50. The van der Waals surface area contributed by atoms with E-state index in [1.54, 1.807) is 12.1 Å². The number of para-hydroxylation sites is 1. The van der Waals surface area contributed by atoms with Crippen LogP contribution in [0.2, 0.25) is 0 Å².